The van der Waals surface area contributed by atoms with Crippen LogP contribution >= 0.6 is 0 Å². The standard InChI is InChI=1S/C14H14FN3O/c1-18(2)11-6-3-5-10(9-11)17-14(19)13-12(15)7-4-8-16-13/h3-9H,1-2H3,(H,17,19). The van der Waals surface area contributed by atoms with Crippen LogP contribution in [0, 0.1) is 5.82 Å². The summed E-state index contributed by atoms with van der Waals surface area (Å²) >= 11 is 0. The van der Waals surface area contributed by atoms with Crippen molar-refractivity contribution in [1.82, 2.24) is 4.98 Å². The quantitative estimate of drug-likeness (QED) is 0.921. The number of benzene rings is 1. The van der Waals surface area contributed by atoms with E-state index in [9.17, 15) is 9.18 Å². The third kappa shape index (κ3) is 3.07. The van der Waals surface area contributed by atoms with Gasteiger partial charge in [-0.05, 0) is 30.3 Å². The van der Waals surface area contributed by atoms with Gasteiger partial charge in [-0.2, -0.15) is 0 Å². The van der Waals surface area contributed by atoms with E-state index in [-0.39, 0.29) is 5.69 Å². The summed E-state index contributed by atoms with van der Waals surface area (Å²) in [6.07, 6.45) is 1.38. The van der Waals surface area contributed by atoms with Gasteiger partial charge in [-0.1, -0.05) is 6.07 Å². The van der Waals surface area contributed by atoms with Gasteiger partial charge in [-0.25, -0.2) is 9.37 Å². The lowest BCUT2D eigenvalue weighted by molar-refractivity contribution is 0.101. The van der Waals surface area contributed by atoms with Gasteiger partial charge in [0.15, 0.2) is 11.5 Å². The molecular formula is C14H14FN3O. The number of hydrogen-bond donors (Lipinski definition) is 1. The van der Waals surface area contributed by atoms with Crippen LogP contribution < -0.4 is 10.2 Å². The molecule has 4 nitrogen and oxygen atoms in total. The van der Waals surface area contributed by atoms with Crippen molar-refractivity contribution >= 4 is 17.3 Å². The number of nitrogens with zero attached hydrogens (tertiary/aromatic N) is 2. The van der Waals surface area contributed by atoms with Gasteiger partial charge in [0.05, 0.1) is 0 Å². The molecule has 1 aromatic heterocycles. The Morgan fingerprint density at radius 2 is 2.05 bits per heavy atom. The predicted octanol–water partition coefficient (Wildman–Crippen LogP) is 2.54. The number of pyridine rings is 1. The molecule has 1 amide bonds. The highest BCUT2D eigenvalue weighted by Gasteiger charge is 2.12. The Morgan fingerprint density at radius 3 is 2.74 bits per heavy atom. The number of aromatic nitrogens is 1. The first-order chi connectivity index (χ1) is 9.08. The summed E-state index contributed by atoms with van der Waals surface area (Å²) in [6, 6.07) is 9.93. The van der Waals surface area contributed by atoms with E-state index in [2.05, 4.69) is 10.3 Å². The number of halogens is 1. The molecule has 0 aliphatic carbocycles. The van der Waals surface area contributed by atoms with E-state index in [1.165, 1.54) is 18.3 Å². The van der Waals surface area contributed by atoms with E-state index in [0.717, 1.165) is 5.69 Å². The summed E-state index contributed by atoms with van der Waals surface area (Å²) in [7, 11) is 3.80. The van der Waals surface area contributed by atoms with Crippen molar-refractivity contribution in [1.29, 1.82) is 0 Å². The van der Waals surface area contributed by atoms with Crippen LogP contribution in [0.5, 0.6) is 0 Å². The summed E-state index contributed by atoms with van der Waals surface area (Å²) in [5.74, 6) is -1.20. The highest BCUT2D eigenvalue weighted by atomic mass is 19.1. The largest absolute Gasteiger partial charge is 0.378 e. The van der Waals surface area contributed by atoms with Crippen molar-refractivity contribution < 1.29 is 9.18 Å². The fourth-order valence-corrected chi connectivity index (χ4v) is 1.60. The molecule has 5 heteroatoms. The third-order valence-electron chi connectivity index (χ3n) is 2.59. The van der Waals surface area contributed by atoms with Crippen LogP contribution in [0.1, 0.15) is 10.5 Å². The average molecular weight is 259 g/mol. The molecule has 0 spiro atoms. The Labute approximate surface area is 110 Å². The van der Waals surface area contributed by atoms with Crippen LogP contribution in [-0.4, -0.2) is 25.0 Å². The second-order valence-corrected chi connectivity index (χ2v) is 4.23. The van der Waals surface area contributed by atoms with Crippen molar-refractivity contribution in [3.05, 3.63) is 54.1 Å². The molecule has 0 atom stereocenters. The second kappa shape index (κ2) is 5.48. The topological polar surface area (TPSA) is 45.2 Å². The zero-order valence-corrected chi connectivity index (χ0v) is 10.7. The molecular weight excluding hydrogens is 245 g/mol. The first-order valence-electron chi connectivity index (χ1n) is 5.77. The Hall–Kier alpha value is -2.43. The molecule has 0 radical (unpaired) electrons. The molecule has 19 heavy (non-hydrogen) atoms. The molecule has 2 rings (SSSR count). The Balaban J connectivity index is 2.20. The highest BCUT2D eigenvalue weighted by molar-refractivity contribution is 6.03. The summed E-state index contributed by atoms with van der Waals surface area (Å²) < 4.78 is 13.4. The molecule has 2 aromatic rings. The van der Waals surface area contributed by atoms with Crippen molar-refractivity contribution in [2.45, 2.75) is 0 Å². The van der Waals surface area contributed by atoms with Gasteiger partial charge in [0, 0.05) is 31.7 Å². The summed E-state index contributed by atoms with van der Waals surface area (Å²) in [5, 5.41) is 2.63. The molecule has 0 unspecified atom stereocenters. The summed E-state index contributed by atoms with van der Waals surface area (Å²) in [6.45, 7) is 0. The predicted molar refractivity (Wildman–Crippen MR) is 72.9 cm³/mol. The molecule has 0 bridgehead atoms. The van der Waals surface area contributed by atoms with Gasteiger partial charge < -0.3 is 10.2 Å². The van der Waals surface area contributed by atoms with Crippen LogP contribution in [0.3, 0.4) is 0 Å². The minimum Gasteiger partial charge on any atom is -0.378 e. The zero-order valence-electron chi connectivity index (χ0n) is 10.7. The van der Waals surface area contributed by atoms with E-state index in [4.69, 9.17) is 0 Å². The van der Waals surface area contributed by atoms with E-state index < -0.39 is 11.7 Å². The Morgan fingerprint density at radius 1 is 1.26 bits per heavy atom. The highest BCUT2D eigenvalue weighted by Crippen LogP contribution is 2.18. The van der Waals surface area contributed by atoms with Gasteiger partial charge in [-0.15, -0.1) is 0 Å². The monoisotopic (exact) mass is 259 g/mol. The fraction of sp³-hybridized carbons (Fsp3) is 0.143. The molecule has 0 saturated carbocycles. The lowest BCUT2D eigenvalue weighted by Gasteiger charge is -2.13. The first kappa shape index (κ1) is 13.0. The molecule has 0 aliphatic rings. The van der Waals surface area contributed by atoms with Crippen molar-refractivity contribution in [2.75, 3.05) is 24.3 Å². The molecule has 0 aliphatic heterocycles. The van der Waals surface area contributed by atoms with Crippen molar-refractivity contribution in [2.24, 2.45) is 0 Å². The number of carbonyl (C=O) groups is 1. The van der Waals surface area contributed by atoms with Crippen LogP contribution in [0.4, 0.5) is 15.8 Å². The Kier molecular flexibility index (Phi) is 3.75. The number of nitrogens with one attached hydrogen (secondary N) is 1. The van der Waals surface area contributed by atoms with Crippen LogP contribution in [0.2, 0.25) is 0 Å². The number of amides is 1. The normalized spacial score (nSPS) is 10.1. The minimum atomic E-state index is -0.635. The maximum absolute atomic E-state index is 13.4. The van der Waals surface area contributed by atoms with E-state index in [1.54, 1.807) is 12.1 Å². The molecule has 0 fully saturated rings. The second-order valence-electron chi connectivity index (χ2n) is 4.23. The lowest BCUT2D eigenvalue weighted by atomic mass is 10.2. The van der Waals surface area contributed by atoms with Gasteiger partial charge in [0.25, 0.3) is 5.91 Å². The van der Waals surface area contributed by atoms with E-state index in [1.807, 2.05) is 31.1 Å². The van der Waals surface area contributed by atoms with Gasteiger partial charge >= 0.3 is 0 Å². The van der Waals surface area contributed by atoms with Gasteiger partial charge in [0.2, 0.25) is 0 Å². The molecule has 1 heterocycles. The molecule has 1 N–H and O–H groups in total. The maximum atomic E-state index is 13.4. The lowest BCUT2D eigenvalue weighted by Crippen LogP contribution is -2.16. The number of rotatable bonds is 3. The number of anilines is 2. The van der Waals surface area contributed by atoms with Gasteiger partial charge in [-0.3, -0.25) is 4.79 Å². The van der Waals surface area contributed by atoms with Gasteiger partial charge in [0.1, 0.15) is 0 Å². The zero-order chi connectivity index (χ0) is 13.8. The third-order valence-corrected chi connectivity index (χ3v) is 2.59. The van der Waals surface area contributed by atoms with Crippen LogP contribution in [0.25, 0.3) is 0 Å². The number of hydrogen-bond acceptors (Lipinski definition) is 3. The SMILES string of the molecule is CN(C)c1cccc(NC(=O)c2ncccc2F)c1. The van der Waals surface area contributed by atoms with Crippen LogP contribution in [0.15, 0.2) is 42.6 Å². The fourth-order valence-electron chi connectivity index (χ4n) is 1.60. The molecule has 0 saturated heterocycles. The maximum Gasteiger partial charge on any atom is 0.277 e. The minimum absolute atomic E-state index is 0.210. The van der Waals surface area contributed by atoms with E-state index in [0.29, 0.717) is 5.69 Å². The average Bonchev–Trinajstić information content (AvgIpc) is 2.39. The first-order valence-corrected chi connectivity index (χ1v) is 5.77. The summed E-state index contributed by atoms with van der Waals surface area (Å²) in [5.41, 5.74) is 1.33. The van der Waals surface area contributed by atoms with Crippen molar-refractivity contribution in [3.8, 4) is 0 Å². The summed E-state index contributed by atoms with van der Waals surface area (Å²) in [4.78, 5) is 17.5. The van der Waals surface area contributed by atoms with E-state index >= 15 is 0 Å². The smallest absolute Gasteiger partial charge is 0.277 e. The van der Waals surface area contributed by atoms with Crippen molar-refractivity contribution in [3.63, 3.8) is 0 Å². The Bertz CT molecular complexity index is 599. The van der Waals surface area contributed by atoms with Crippen LogP contribution in [-0.2, 0) is 0 Å². The molecule has 1 aromatic carbocycles. The molecule has 98 valence electrons. The number of carbonyl (C=O) groups excluding carboxylic acids is 1.